The van der Waals surface area contributed by atoms with Crippen LogP contribution in [0.15, 0.2) is 47.3 Å². The van der Waals surface area contributed by atoms with E-state index in [4.69, 9.17) is 16.0 Å². The largest absolute Gasteiger partial charge is 0.441 e. The SMILES string of the molecule is Cc1oc(-c2ccccc2Cl)nc1CN(C)Cc1cnccn1. The molecule has 1 aromatic carbocycles. The van der Waals surface area contributed by atoms with Crippen LogP contribution >= 0.6 is 11.6 Å². The number of rotatable bonds is 5. The Morgan fingerprint density at radius 3 is 2.74 bits per heavy atom. The highest BCUT2D eigenvalue weighted by Gasteiger charge is 2.15. The van der Waals surface area contributed by atoms with Gasteiger partial charge in [-0.05, 0) is 26.1 Å². The van der Waals surface area contributed by atoms with Crippen LogP contribution < -0.4 is 0 Å². The van der Waals surface area contributed by atoms with Gasteiger partial charge < -0.3 is 4.42 Å². The lowest BCUT2D eigenvalue weighted by molar-refractivity contribution is 0.309. The maximum absolute atomic E-state index is 6.21. The molecule has 0 fully saturated rings. The van der Waals surface area contributed by atoms with Crippen LogP contribution in [0.1, 0.15) is 17.1 Å². The van der Waals surface area contributed by atoms with Gasteiger partial charge in [0.15, 0.2) is 0 Å². The van der Waals surface area contributed by atoms with Gasteiger partial charge in [0.25, 0.3) is 0 Å². The Labute approximate surface area is 140 Å². The van der Waals surface area contributed by atoms with Gasteiger partial charge in [0.1, 0.15) is 5.76 Å². The molecule has 0 saturated carbocycles. The normalized spacial score (nSPS) is 11.1. The highest BCUT2D eigenvalue weighted by atomic mass is 35.5. The number of nitrogens with zero attached hydrogens (tertiary/aromatic N) is 4. The topological polar surface area (TPSA) is 55.1 Å². The van der Waals surface area contributed by atoms with Crippen molar-refractivity contribution in [2.24, 2.45) is 0 Å². The molecule has 3 rings (SSSR count). The van der Waals surface area contributed by atoms with Gasteiger partial charge >= 0.3 is 0 Å². The lowest BCUT2D eigenvalue weighted by atomic mass is 10.2. The summed E-state index contributed by atoms with van der Waals surface area (Å²) in [6, 6.07) is 7.54. The van der Waals surface area contributed by atoms with Crippen molar-refractivity contribution in [1.82, 2.24) is 19.9 Å². The first-order valence-electron chi connectivity index (χ1n) is 7.28. The third kappa shape index (κ3) is 3.75. The zero-order valence-electron chi connectivity index (χ0n) is 13.0. The molecule has 0 spiro atoms. The van der Waals surface area contributed by atoms with Gasteiger partial charge in [-0.2, -0.15) is 0 Å². The van der Waals surface area contributed by atoms with Crippen LogP contribution in [0.3, 0.4) is 0 Å². The van der Waals surface area contributed by atoms with E-state index in [1.54, 1.807) is 18.6 Å². The molecule has 0 bridgehead atoms. The molecule has 2 heterocycles. The molecule has 3 aromatic rings. The lowest BCUT2D eigenvalue weighted by Crippen LogP contribution is -2.18. The Morgan fingerprint density at radius 1 is 1.17 bits per heavy atom. The molecule has 0 N–H and O–H groups in total. The fourth-order valence-electron chi connectivity index (χ4n) is 2.32. The third-order valence-corrected chi connectivity index (χ3v) is 3.79. The summed E-state index contributed by atoms with van der Waals surface area (Å²) in [7, 11) is 2.01. The molecule has 0 radical (unpaired) electrons. The van der Waals surface area contributed by atoms with E-state index in [0.29, 0.717) is 24.0 Å². The highest BCUT2D eigenvalue weighted by Crippen LogP contribution is 2.28. The Hall–Kier alpha value is -2.24. The summed E-state index contributed by atoms with van der Waals surface area (Å²) in [4.78, 5) is 15.1. The van der Waals surface area contributed by atoms with Crippen LogP contribution in [0.5, 0.6) is 0 Å². The minimum Gasteiger partial charge on any atom is -0.441 e. The van der Waals surface area contributed by atoms with E-state index in [9.17, 15) is 0 Å². The van der Waals surface area contributed by atoms with Crippen LogP contribution in [-0.4, -0.2) is 26.9 Å². The number of aromatic nitrogens is 3. The van der Waals surface area contributed by atoms with Gasteiger partial charge in [-0.15, -0.1) is 0 Å². The summed E-state index contributed by atoms with van der Waals surface area (Å²) >= 11 is 6.21. The molecule has 118 valence electrons. The number of halogens is 1. The predicted octanol–water partition coefficient (Wildman–Crippen LogP) is 3.73. The van der Waals surface area contributed by atoms with Gasteiger partial charge in [0.2, 0.25) is 5.89 Å². The van der Waals surface area contributed by atoms with E-state index in [1.807, 2.05) is 38.2 Å². The van der Waals surface area contributed by atoms with Crippen LogP contribution in [0.25, 0.3) is 11.5 Å². The number of hydrogen-bond acceptors (Lipinski definition) is 5. The Balaban J connectivity index is 1.75. The molecule has 0 amide bonds. The third-order valence-electron chi connectivity index (χ3n) is 3.47. The van der Waals surface area contributed by atoms with Crippen molar-refractivity contribution in [3.05, 3.63) is 65.0 Å². The Bertz CT molecular complexity index is 788. The summed E-state index contributed by atoms with van der Waals surface area (Å²) in [6.07, 6.45) is 5.13. The molecular weight excluding hydrogens is 312 g/mol. The monoisotopic (exact) mass is 328 g/mol. The van der Waals surface area contributed by atoms with E-state index in [2.05, 4.69) is 19.9 Å². The minimum absolute atomic E-state index is 0.552. The van der Waals surface area contributed by atoms with E-state index < -0.39 is 0 Å². The van der Waals surface area contributed by atoms with Crippen molar-refractivity contribution < 1.29 is 4.42 Å². The molecule has 6 heteroatoms. The lowest BCUT2D eigenvalue weighted by Gasteiger charge is -2.14. The van der Waals surface area contributed by atoms with Crippen molar-refractivity contribution in [2.75, 3.05) is 7.05 Å². The minimum atomic E-state index is 0.552. The van der Waals surface area contributed by atoms with Crippen LogP contribution in [0, 0.1) is 6.92 Å². The summed E-state index contributed by atoms with van der Waals surface area (Å²) in [5.41, 5.74) is 2.62. The molecule has 0 aliphatic heterocycles. The Kier molecular flexibility index (Phi) is 4.69. The number of benzene rings is 1. The first-order valence-corrected chi connectivity index (χ1v) is 7.66. The predicted molar refractivity (Wildman–Crippen MR) is 88.9 cm³/mol. The molecule has 23 heavy (non-hydrogen) atoms. The van der Waals surface area contributed by atoms with E-state index >= 15 is 0 Å². The van der Waals surface area contributed by atoms with Crippen molar-refractivity contribution in [3.63, 3.8) is 0 Å². The molecule has 0 saturated heterocycles. The van der Waals surface area contributed by atoms with E-state index in [1.165, 1.54) is 0 Å². The molecule has 2 aromatic heterocycles. The van der Waals surface area contributed by atoms with Gasteiger partial charge in [-0.3, -0.25) is 14.9 Å². The second kappa shape index (κ2) is 6.89. The molecular formula is C17H17ClN4O. The summed E-state index contributed by atoms with van der Waals surface area (Å²) in [5, 5.41) is 0.633. The highest BCUT2D eigenvalue weighted by molar-refractivity contribution is 6.33. The second-order valence-electron chi connectivity index (χ2n) is 5.37. The zero-order chi connectivity index (χ0) is 16.2. The van der Waals surface area contributed by atoms with Crippen molar-refractivity contribution in [1.29, 1.82) is 0 Å². The number of aryl methyl sites for hydroxylation is 1. The smallest absolute Gasteiger partial charge is 0.228 e. The quantitative estimate of drug-likeness (QED) is 0.714. The number of oxazole rings is 1. The zero-order valence-corrected chi connectivity index (χ0v) is 13.8. The van der Waals surface area contributed by atoms with Gasteiger partial charge in [-0.25, -0.2) is 4.98 Å². The Morgan fingerprint density at radius 2 is 2.00 bits per heavy atom. The first kappa shape index (κ1) is 15.6. The van der Waals surface area contributed by atoms with Gasteiger partial charge in [-0.1, -0.05) is 23.7 Å². The van der Waals surface area contributed by atoms with Gasteiger partial charge in [0, 0.05) is 31.7 Å². The van der Waals surface area contributed by atoms with Gasteiger partial charge in [0.05, 0.1) is 22.0 Å². The van der Waals surface area contributed by atoms with E-state index in [-0.39, 0.29) is 0 Å². The number of hydrogen-bond donors (Lipinski definition) is 0. The van der Waals surface area contributed by atoms with Crippen molar-refractivity contribution in [3.8, 4) is 11.5 Å². The first-order chi connectivity index (χ1) is 11.1. The standard InChI is InChI=1S/C17H17ClN4O/c1-12-16(11-22(2)10-13-9-19-7-8-20-13)21-17(23-12)14-5-3-4-6-15(14)18/h3-9H,10-11H2,1-2H3. The van der Waals surface area contributed by atoms with E-state index in [0.717, 1.165) is 22.7 Å². The summed E-state index contributed by atoms with van der Waals surface area (Å²) < 4.78 is 5.78. The fourth-order valence-corrected chi connectivity index (χ4v) is 2.54. The molecule has 0 aliphatic carbocycles. The summed E-state index contributed by atoms with van der Waals surface area (Å²) in [5.74, 6) is 1.35. The molecule has 5 nitrogen and oxygen atoms in total. The fraction of sp³-hybridized carbons (Fsp3) is 0.235. The maximum Gasteiger partial charge on any atom is 0.228 e. The molecule has 0 unspecified atom stereocenters. The average Bonchev–Trinajstić information content (AvgIpc) is 2.89. The second-order valence-corrected chi connectivity index (χ2v) is 5.78. The van der Waals surface area contributed by atoms with Crippen LogP contribution in [0.2, 0.25) is 5.02 Å². The summed E-state index contributed by atoms with van der Waals surface area (Å²) in [6.45, 7) is 3.27. The average molecular weight is 329 g/mol. The maximum atomic E-state index is 6.21. The molecule has 0 atom stereocenters. The van der Waals surface area contributed by atoms with Crippen LogP contribution in [0.4, 0.5) is 0 Å². The van der Waals surface area contributed by atoms with Crippen molar-refractivity contribution >= 4 is 11.6 Å². The van der Waals surface area contributed by atoms with Crippen LogP contribution in [-0.2, 0) is 13.1 Å². The molecule has 0 aliphatic rings. The van der Waals surface area contributed by atoms with Crippen molar-refractivity contribution in [2.45, 2.75) is 20.0 Å².